The van der Waals surface area contributed by atoms with E-state index in [1.54, 1.807) is 24.3 Å². The van der Waals surface area contributed by atoms with Gasteiger partial charge >= 0.3 is 0 Å². The lowest BCUT2D eigenvalue weighted by atomic mass is 10.1. The first kappa shape index (κ1) is 12.3. The minimum Gasteiger partial charge on any atom is -0.346 e. The second kappa shape index (κ2) is 5.43. The molecule has 1 N–H and O–H groups in total. The van der Waals surface area contributed by atoms with Crippen molar-refractivity contribution in [2.45, 2.75) is 13.5 Å². The van der Waals surface area contributed by atoms with Gasteiger partial charge in [0, 0.05) is 16.6 Å². The van der Waals surface area contributed by atoms with Gasteiger partial charge in [-0.15, -0.1) is 11.3 Å². The Morgan fingerprint density at radius 1 is 1.44 bits per heavy atom. The number of benzene rings is 1. The lowest BCUT2D eigenvalue weighted by Gasteiger charge is -2.02. The predicted molar refractivity (Wildman–Crippen MR) is 69.2 cm³/mol. The molecule has 1 heterocycles. The quantitative estimate of drug-likeness (QED) is 0.917. The Bertz CT molecular complexity index is 595. The van der Waals surface area contributed by atoms with Crippen LogP contribution in [0.1, 0.15) is 26.6 Å². The Morgan fingerprint density at radius 3 is 2.72 bits per heavy atom. The average molecular weight is 257 g/mol. The lowest BCUT2D eigenvalue weighted by Crippen LogP contribution is -2.22. The van der Waals surface area contributed by atoms with Crippen LogP contribution in [0.25, 0.3) is 0 Å². The van der Waals surface area contributed by atoms with Crippen molar-refractivity contribution in [2.24, 2.45) is 0 Å². The molecule has 0 radical (unpaired) electrons. The van der Waals surface area contributed by atoms with Crippen LogP contribution in [0.15, 0.2) is 29.6 Å². The maximum absolute atomic E-state index is 11.8. The van der Waals surface area contributed by atoms with Crippen LogP contribution in [-0.4, -0.2) is 10.9 Å². The number of carbonyl (C=O) groups excluding carboxylic acids is 1. The van der Waals surface area contributed by atoms with Gasteiger partial charge in [-0.25, -0.2) is 4.98 Å². The summed E-state index contributed by atoms with van der Waals surface area (Å²) in [5.41, 5.74) is 2.05. The summed E-state index contributed by atoms with van der Waals surface area (Å²) in [6.45, 7) is 2.35. The third kappa shape index (κ3) is 2.93. The summed E-state index contributed by atoms with van der Waals surface area (Å²) in [6, 6.07) is 8.55. The molecular formula is C13H11N3OS. The van der Waals surface area contributed by atoms with E-state index in [0.717, 1.165) is 10.7 Å². The van der Waals surface area contributed by atoms with Crippen LogP contribution in [0.2, 0.25) is 0 Å². The molecule has 0 aliphatic heterocycles. The van der Waals surface area contributed by atoms with E-state index in [-0.39, 0.29) is 5.91 Å². The van der Waals surface area contributed by atoms with Crippen LogP contribution < -0.4 is 5.32 Å². The van der Waals surface area contributed by atoms with Gasteiger partial charge in [0.25, 0.3) is 5.91 Å². The molecule has 4 nitrogen and oxygen atoms in total. The van der Waals surface area contributed by atoms with Crippen molar-refractivity contribution >= 4 is 17.2 Å². The summed E-state index contributed by atoms with van der Waals surface area (Å²) in [4.78, 5) is 16.1. The highest BCUT2D eigenvalue weighted by atomic mass is 32.1. The number of nitrogens with one attached hydrogen (secondary N) is 1. The Balaban J connectivity index is 1.97. The topological polar surface area (TPSA) is 65.8 Å². The number of hydrogen-bond acceptors (Lipinski definition) is 4. The summed E-state index contributed by atoms with van der Waals surface area (Å²) >= 11 is 1.52. The molecule has 1 amide bonds. The summed E-state index contributed by atoms with van der Waals surface area (Å²) in [7, 11) is 0. The molecule has 90 valence electrons. The average Bonchev–Trinajstić information content (AvgIpc) is 2.82. The molecule has 0 aliphatic carbocycles. The van der Waals surface area contributed by atoms with Gasteiger partial charge in [0.15, 0.2) is 0 Å². The number of amides is 1. The molecule has 1 aromatic heterocycles. The molecule has 0 aliphatic rings. The summed E-state index contributed by atoms with van der Waals surface area (Å²) in [5, 5.41) is 14.3. The summed E-state index contributed by atoms with van der Waals surface area (Å²) in [6.07, 6.45) is 0. The number of aromatic nitrogens is 1. The molecule has 0 saturated carbocycles. The lowest BCUT2D eigenvalue weighted by molar-refractivity contribution is 0.0951. The number of hydrogen-bond donors (Lipinski definition) is 1. The number of nitrogens with zero attached hydrogens (tertiary/aromatic N) is 2. The van der Waals surface area contributed by atoms with Gasteiger partial charge in [0.2, 0.25) is 0 Å². The van der Waals surface area contributed by atoms with Gasteiger partial charge in [0.05, 0.1) is 18.2 Å². The molecule has 2 aromatic rings. The third-order valence-corrected chi connectivity index (χ3v) is 3.31. The van der Waals surface area contributed by atoms with E-state index in [4.69, 9.17) is 5.26 Å². The Morgan fingerprint density at radius 2 is 2.17 bits per heavy atom. The third-order valence-electron chi connectivity index (χ3n) is 2.34. The van der Waals surface area contributed by atoms with Crippen molar-refractivity contribution in [3.05, 3.63) is 51.5 Å². The number of thiazole rings is 1. The van der Waals surface area contributed by atoms with Gasteiger partial charge < -0.3 is 5.32 Å². The van der Waals surface area contributed by atoms with E-state index in [2.05, 4.69) is 10.3 Å². The highest BCUT2D eigenvalue weighted by Gasteiger charge is 2.06. The fraction of sp³-hybridized carbons (Fsp3) is 0.154. The molecule has 0 atom stereocenters. The van der Waals surface area contributed by atoms with Crippen LogP contribution in [0.5, 0.6) is 0 Å². The largest absolute Gasteiger partial charge is 0.346 e. The molecule has 0 unspecified atom stereocenters. The highest BCUT2D eigenvalue weighted by molar-refractivity contribution is 7.09. The number of carbonyl (C=O) groups is 1. The maximum atomic E-state index is 11.8. The Kier molecular flexibility index (Phi) is 3.70. The van der Waals surface area contributed by atoms with E-state index < -0.39 is 0 Å². The standard InChI is InChI=1S/C13H11N3OS/c1-9-8-18-12(16-9)7-15-13(17)11-4-2-10(6-14)3-5-11/h2-5,8H,7H2,1H3,(H,15,17). The minimum atomic E-state index is -0.160. The molecule has 1 aromatic carbocycles. The van der Waals surface area contributed by atoms with E-state index in [1.165, 1.54) is 11.3 Å². The first-order valence-corrected chi connectivity index (χ1v) is 6.26. The van der Waals surface area contributed by atoms with Crippen LogP contribution in [0.4, 0.5) is 0 Å². The number of rotatable bonds is 3. The molecule has 2 rings (SSSR count). The van der Waals surface area contributed by atoms with Crippen molar-refractivity contribution in [1.82, 2.24) is 10.3 Å². The molecule has 0 saturated heterocycles. The van der Waals surface area contributed by atoms with Crippen LogP contribution in [0, 0.1) is 18.3 Å². The normalized spacial score (nSPS) is 9.78. The monoisotopic (exact) mass is 257 g/mol. The zero-order valence-electron chi connectivity index (χ0n) is 9.80. The number of nitriles is 1. The predicted octanol–water partition coefficient (Wildman–Crippen LogP) is 2.25. The van der Waals surface area contributed by atoms with Crippen molar-refractivity contribution < 1.29 is 4.79 Å². The fourth-order valence-corrected chi connectivity index (χ4v) is 2.15. The summed E-state index contributed by atoms with van der Waals surface area (Å²) < 4.78 is 0. The zero-order valence-corrected chi connectivity index (χ0v) is 10.6. The van der Waals surface area contributed by atoms with Gasteiger partial charge in [0.1, 0.15) is 5.01 Å². The molecule has 5 heteroatoms. The van der Waals surface area contributed by atoms with Crippen LogP contribution in [0.3, 0.4) is 0 Å². The van der Waals surface area contributed by atoms with Crippen molar-refractivity contribution in [3.63, 3.8) is 0 Å². The molecular weight excluding hydrogens is 246 g/mol. The molecule has 18 heavy (non-hydrogen) atoms. The first-order chi connectivity index (χ1) is 8.69. The van der Waals surface area contributed by atoms with Gasteiger partial charge in [-0.2, -0.15) is 5.26 Å². The SMILES string of the molecule is Cc1csc(CNC(=O)c2ccc(C#N)cc2)n1. The van der Waals surface area contributed by atoms with E-state index >= 15 is 0 Å². The van der Waals surface area contributed by atoms with Gasteiger partial charge in [-0.3, -0.25) is 4.79 Å². The van der Waals surface area contributed by atoms with E-state index in [9.17, 15) is 4.79 Å². The van der Waals surface area contributed by atoms with Gasteiger partial charge in [-0.05, 0) is 31.2 Å². The van der Waals surface area contributed by atoms with E-state index in [0.29, 0.717) is 17.7 Å². The molecule has 0 fully saturated rings. The van der Waals surface area contributed by atoms with Crippen molar-refractivity contribution in [2.75, 3.05) is 0 Å². The first-order valence-electron chi connectivity index (χ1n) is 5.38. The van der Waals surface area contributed by atoms with Crippen LogP contribution >= 0.6 is 11.3 Å². The maximum Gasteiger partial charge on any atom is 0.251 e. The van der Waals surface area contributed by atoms with Gasteiger partial charge in [-0.1, -0.05) is 0 Å². The molecule has 0 spiro atoms. The highest BCUT2D eigenvalue weighted by Crippen LogP contribution is 2.09. The van der Waals surface area contributed by atoms with Crippen molar-refractivity contribution in [1.29, 1.82) is 5.26 Å². The van der Waals surface area contributed by atoms with Crippen molar-refractivity contribution in [3.8, 4) is 6.07 Å². The molecule has 0 bridgehead atoms. The van der Waals surface area contributed by atoms with Crippen LogP contribution in [-0.2, 0) is 6.54 Å². The second-order valence-corrected chi connectivity index (χ2v) is 4.70. The summed E-state index contributed by atoms with van der Waals surface area (Å²) in [5.74, 6) is -0.160. The smallest absolute Gasteiger partial charge is 0.251 e. The Labute approximate surface area is 109 Å². The second-order valence-electron chi connectivity index (χ2n) is 3.75. The minimum absolute atomic E-state index is 0.160. The van der Waals surface area contributed by atoms with E-state index in [1.807, 2.05) is 18.4 Å². The Hall–Kier alpha value is -2.19. The fourth-order valence-electron chi connectivity index (χ4n) is 1.44. The number of aryl methyl sites for hydroxylation is 1. The zero-order chi connectivity index (χ0) is 13.0.